The van der Waals surface area contributed by atoms with E-state index in [1.54, 1.807) is 0 Å². The Labute approximate surface area is 132 Å². The van der Waals surface area contributed by atoms with Gasteiger partial charge in [0.1, 0.15) is 5.84 Å². The van der Waals surface area contributed by atoms with Crippen LogP contribution in [-0.2, 0) is 0 Å². The summed E-state index contributed by atoms with van der Waals surface area (Å²) in [6.45, 7) is 5.12. The van der Waals surface area contributed by atoms with Gasteiger partial charge in [-0.25, -0.2) is 0 Å². The molecule has 0 bridgehead atoms. The van der Waals surface area contributed by atoms with Gasteiger partial charge in [0, 0.05) is 28.5 Å². The van der Waals surface area contributed by atoms with Crippen molar-refractivity contribution in [2.75, 3.05) is 13.1 Å². The average Bonchev–Trinajstić information content (AvgIpc) is 2.49. The van der Waals surface area contributed by atoms with E-state index in [4.69, 9.17) is 10.9 Å². The lowest BCUT2D eigenvalue weighted by atomic mass is 9.79. The summed E-state index contributed by atoms with van der Waals surface area (Å²) in [5, 5.41) is 12.0. The van der Waals surface area contributed by atoms with Gasteiger partial charge in [0.2, 0.25) is 0 Å². The van der Waals surface area contributed by atoms with Gasteiger partial charge < -0.3 is 15.8 Å². The Morgan fingerprint density at radius 1 is 1.43 bits per heavy atom. The number of benzene rings is 1. The van der Waals surface area contributed by atoms with Crippen molar-refractivity contribution in [3.05, 3.63) is 33.8 Å². The van der Waals surface area contributed by atoms with E-state index in [0.29, 0.717) is 25.9 Å². The number of carbonyl (C=O) groups is 1. The Kier molecular flexibility index (Phi) is 4.56. The van der Waals surface area contributed by atoms with Crippen molar-refractivity contribution >= 4 is 27.7 Å². The normalized spacial score (nSPS) is 18.6. The van der Waals surface area contributed by atoms with Crippen LogP contribution in [0.2, 0.25) is 0 Å². The molecule has 0 aromatic heterocycles. The smallest absolute Gasteiger partial charge is 0.254 e. The Morgan fingerprint density at radius 3 is 2.62 bits per heavy atom. The second kappa shape index (κ2) is 6.05. The Morgan fingerprint density at radius 2 is 2.05 bits per heavy atom. The van der Waals surface area contributed by atoms with Crippen molar-refractivity contribution in [3.8, 4) is 0 Å². The van der Waals surface area contributed by atoms with E-state index >= 15 is 0 Å². The molecule has 0 unspecified atom stereocenters. The fourth-order valence-corrected chi connectivity index (χ4v) is 2.96. The van der Waals surface area contributed by atoms with Crippen LogP contribution >= 0.6 is 15.9 Å². The van der Waals surface area contributed by atoms with Gasteiger partial charge in [-0.15, -0.1) is 0 Å². The first kappa shape index (κ1) is 15.8. The highest BCUT2D eigenvalue weighted by atomic mass is 79.9. The van der Waals surface area contributed by atoms with E-state index in [2.05, 4.69) is 21.1 Å². The molecule has 0 spiro atoms. The average molecular weight is 354 g/mol. The van der Waals surface area contributed by atoms with Crippen LogP contribution in [0.1, 0.15) is 35.7 Å². The van der Waals surface area contributed by atoms with E-state index in [1.807, 2.05) is 36.9 Å². The van der Waals surface area contributed by atoms with Crippen LogP contribution in [0.4, 0.5) is 0 Å². The Balaban J connectivity index is 2.12. The molecule has 1 aromatic carbocycles. The van der Waals surface area contributed by atoms with E-state index in [9.17, 15) is 4.79 Å². The van der Waals surface area contributed by atoms with Gasteiger partial charge in [0.15, 0.2) is 0 Å². The highest BCUT2D eigenvalue weighted by Crippen LogP contribution is 2.32. The molecule has 6 heteroatoms. The highest BCUT2D eigenvalue weighted by molar-refractivity contribution is 9.10. The predicted octanol–water partition coefficient (Wildman–Crippen LogP) is 2.75. The molecular weight excluding hydrogens is 334 g/mol. The minimum absolute atomic E-state index is 0.0374. The molecule has 0 radical (unpaired) electrons. The van der Waals surface area contributed by atoms with Gasteiger partial charge >= 0.3 is 0 Å². The molecule has 1 aliphatic heterocycles. The second-order valence-corrected chi connectivity index (χ2v) is 6.60. The number of nitrogens with zero attached hydrogens (tertiary/aromatic N) is 2. The molecule has 1 aliphatic rings. The molecule has 0 aliphatic carbocycles. The number of amides is 1. The number of piperidine rings is 1. The van der Waals surface area contributed by atoms with Crippen molar-refractivity contribution in [3.63, 3.8) is 0 Å². The van der Waals surface area contributed by atoms with Gasteiger partial charge in [0.25, 0.3) is 5.91 Å². The van der Waals surface area contributed by atoms with E-state index in [1.165, 1.54) is 0 Å². The first-order chi connectivity index (χ1) is 9.89. The van der Waals surface area contributed by atoms with Gasteiger partial charge in [0.05, 0.1) is 0 Å². The lowest BCUT2D eigenvalue weighted by Gasteiger charge is -2.38. The van der Waals surface area contributed by atoms with Gasteiger partial charge in [-0.05, 0) is 37.5 Å². The first-order valence-corrected chi connectivity index (χ1v) is 7.71. The summed E-state index contributed by atoms with van der Waals surface area (Å²) in [5.41, 5.74) is 7.08. The molecule has 1 aromatic rings. The van der Waals surface area contributed by atoms with Crippen molar-refractivity contribution in [2.24, 2.45) is 16.3 Å². The molecule has 3 N–H and O–H groups in total. The maximum Gasteiger partial charge on any atom is 0.254 e. The number of halogens is 1. The summed E-state index contributed by atoms with van der Waals surface area (Å²) in [6, 6.07) is 5.65. The van der Waals surface area contributed by atoms with Crippen LogP contribution in [0, 0.1) is 12.3 Å². The topological polar surface area (TPSA) is 78.9 Å². The molecule has 1 heterocycles. The zero-order valence-electron chi connectivity index (χ0n) is 12.3. The Bertz CT molecular complexity index is 578. The third-order valence-electron chi connectivity index (χ3n) is 4.38. The van der Waals surface area contributed by atoms with Crippen molar-refractivity contribution in [1.29, 1.82) is 0 Å². The molecule has 0 atom stereocenters. The summed E-state index contributed by atoms with van der Waals surface area (Å²) in [4.78, 5) is 14.5. The molecule has 1 saturated heterocycles. The molecular formula is C15H20BrN3O2. The predicted molar refractivity (Wildman–Crippen MR) is 85.5 cm³/mol. The number of oxime groups is 1. The minimum atomic E-state index is -0.335. The lowest BCUT2D eigenvalue weighted by molar-refractivity contribution is 0.0665. The first-order valence-electron chi connectivity index (χ1n) is 6.91. The number of hydrogen-bond acceptors (Lipinski definition) is 3. The van der Waals surface area contributed by atoms with Crippen LogP contribution in [0.15, 0.2) is 27.8 Å². The standard InChI is InChI=1S/C15H20BrN3O2/c1-10-11(4-3-5-12(10)16)13(20)19-8-6-15(2,7-9-19)14(17)18-21/h3-5,21H,6-9H2,1-2H3,(H2,17,18). The molecule has 5 nitrogen and oxygen atoms in total. The zero-order chi connectivity index (χ0) is 15.6. The summed E-state index contributed by atoms with van der Waals surface area (Å²) in [6.07, 6.45) is 1.39. The zero-order valence-corrected chi connectivity index (χ0v) is 13.9. The van der Waals surface area contributed by atoms with Crippen molar-refractivity contribution < 1.29 is 10.0 Å². The molecule has 1 fully saturated rings. The maximum atomic E-state index is 12.6. The molecule has 114 valence electrons. The molecule has 21 heavy (non-hydrogen) atoms. The summed E-state index contributed by atoms with van der Waals surface area (Å²) in [7, 11) is 0. The molecule has 0 saturated carbocycles. The third kappa shape index (κ3) is 3.05. The maximum absolute atomic E-state index is 12.6. The van der Waals surface area contributed by atoms with Crippen LogP contribution in [0.5, 0.6) is 0 Å². The third-order valence-corrected chi connectivity index (χ3v) is 5.24. The minimum Gasteiger partial charge on any atom is -0.409 e. The summed E-state index contributed by atoms with van der Waals surface area (Å²) >= 11 is 3.45. The number of hydrogen-bond donors (Lipinski definition) is 2. The van der Waals surface area contributed by atoms with Crippen LogP contribution in [-0.4, -0.2) is 34.9 Å². The second-order valence-electron chi connectivity index (χ2n) is 5.75. The highest BCUT2D eigenvalue weighted by Gasteiger charge is 2.36. The lowest BCUT2D eigenvalue weighted by Crippen LogP contribution is -2.47. The van der Waals surface area contributed by atoms with Gasteiger partial charge in [-0.1, -0.05) is 34.1 Å². The van der Waals surface area contributed by atoms with E-state index < -0.39 is 0 Å². The monoisotopic (exact) mass is 353 g/mol. The van der Waals surface area contributed by atoms with E-state index in [0.717, 1.165) is 15.6 Å². The van der Waals surface area contributed by atoms with E-state index in [-0.39, 0.29) is 17.2 Å². The van der Waals surface area contributed by atoms with Crippen molar-refractivity contribution in [1.82, 2.24) is 4.90 Å². The number of rotatable bonds is 2. The quantitative estimate of drug-likeness (QED) is 0.371. The van der Waals surface area contributed by atoms with Crippen LogP contribution < -0.4 is 5.73 Å². The number of nitrogens with two attached hydrogens (primary N) is 1. The number of carbonyl (C=O) groups excluding carboxylic acids is 1. The largest absolute Gasteiger partial charge is 0.409 e. The van der Waals surface area contributed by atoms with Gasteiger partial charge in [-0.3, -0.25) is 4.79 Å². The Hall–Kier alpha value is -1.56. The SMILES string of the molecule is Cc1c(Br)cccc1C(=O)N1CCC(C)(/C(N)=N/O)CC1. The summed E-state index contributed by atoms with van der Waals surface area (Å²) in [5.74, 6) is 0.281. The number of likely N-dealkylation sites (tertiary alicyclic amines) is 1. The van der Waals surface area contributed by atoms with Crippen molar-refractivity contribution in [2.45, 2.75) is 26.7 Å². The fraction of sp³-hybridized carbons (Fsp3) is 0.467. The van der Waals surface area contributed by atoms with Crippen LogP contribution in [0.3, 0.4) is 0 Å². The fourth-order valence-electron chi connectivity index (χ4n) is 2.59. The molecule has 2 rings (SSSR count). The molecule has 1 amide bonds. The van der Waals surface area contributed by atoms with Gasteiger partial charge in [-0.2, -0.15) is 0 Å². The summed E-state index contributed by atoms with van der Waals surface area (Å²) < 4.78 is 0.937. The van der Waals surface area contributed by atoms with Crippen LogP contribution in [0.25, 0.3) is 0 Å². The number of amidine groups is 1.